The van der Waals surface area contributed by atoms with E-state index in [1.54, 1.807) is 26.8 Å². The number of halogens is 2. The zero-order valence-corrected chi connectivity index (χ0v) is 14.8. The third kappa shape index (κ3) is 6.36. The molecule has 1 amide bonds. The highest BCUT2D eigenvalue weighted by Gasteiger charge is 2.30. The maximum absolute atomic E-state index is 13.9. The van der Waals surface area contributed by atoms with Crippen LogP contribution in [-0.2, 0) is 11.2 Å². The van der Waals surface area contributed by atoms with E-state index in [2.05, 4.69) is 5.32 Å². The Kier molecular flexibility index (Phi) is 6.84. The molecule has 0 fully saturated rings. The number of aliphatic hydroxyl groups is 1. The van der Waals surface area contributed by atoms with Gasteiger partial charge in [0.25, 0.3) is 0 Å². The molecule has 0 bridgehead atoms. The van der Waals surface area contributed by atoms with Gasteiger partial charge in [-0.1, -0.05) is 18.5 Å². The van der Waals surface area contributed by atoms with Gasteiger partial charge < -0.3 is 15.2 Å². The number of benzene rings is 1. The lowest BCUT2D eigenvalue weighted by Crippen LogP contribution is -2.43. The Morgan fingerprint density at radius 3 is 2.57 bits per heavy atom. The van der Waals surface area contributed by atoms with E-state index in [0.717, 1.165) is 0 Å². The van der Waals surface area contributed by atoms with Gasteiger partial charge in [0.2, 0.25) is 0 Å². The van der Waals surface area contributed by atoms with Crippen LogP contribution in [0, 0.1) is 11.2 Å². The van der Waals surface area contributed by atoms with Crippen LogP contribution >= 0.6 is 11.6 Å². The van der Waals surface area contributed by atoms with Crippen molar-refractivity contribution in [2.24, 2.45) is 5.41 Å². The number of carbonyl (C=O) groups excluding carboxylic acids is 1. The van der Waals surface area contributed by atoms with E-state index >= 15 is 0 Å². The van der Waals surface area contributed by atoms with Gasteiger partial charge >= 0.3 is 6.09 Å². The second kappa shape index (κ2) is 7.97. The van der Waals surface area contributed by atoms with Crippen LogP contribution in [0.5, 0.6) is 0 Å². The normalized spacial score (nSPS) is 14.2. The first-order chi connectivity index (χ1) is 10.6. The summed E-state index contributed by atoms with van der Waals surface area (Å²) in [6, 6.07) is 4.33. The van der Waals surface area contributed by atoms with Gasteiger partial charge in [0, 0.05) is 17.0 Å². The molecule has 1 aromatic rings. The molecular formula is C17H25ClFNO3. The Balaban J connectivity index is 2.82. The van der Waals surface area contributed by atoms with Crippen LogP contribution in [0.4, 0.5) is 9.18 Å². The van der Waals surface area contributed by atoms with E-state index in [0.29, 0.717) is 17.0 Å². The summed E-state index contributed by atoms with van der Waals surface area (Å²) in [6.45, 7) is 7.19. The summed E-state index contributed by atoms with van der Waals surface area (Å²) in [5.74, 6) is -0.377. The van der Waals surface area contributed by atoms with Crippen LogP contribution in [0.25, 0.3) is 0 Å². The topological polar surface area (TPSA) is 58.6 Å². The van der Waals surface area contributed by atoms with Gasteiger partial charge in [-0.3, -0.25) is 0 Å². The van der Waals surface area contributed by atoms with Crippen molar-refractivity contribution in [3.63, 3.8) is 0 Å². The van der Waals surface area contributed by atoms with Gasteiger partial charge in [0.05, 0.1) is 6.61 Å². The van der Waals surface area contributed by atoms with E-state index in [-0.39, 0.29) is 25.4 Å². The first kappa shape index (κ1) is 19.7. The number of alkyl carbamates (subject to hydrolysis) is 1. The minimum Gasteiger partial charge on any atom is -0.444 e. The number of hydrogen-bond donors (Lipinski definition) is 2. The lowest BCUT2D eigenvalue weighted by atomic mass is 9.79. The number of carbonyl (C=O) groups is 1. The molecule has 0 saturated carbocycles. The second-order valence-electron chi connectivity index (χ2n) is 6.78. The Labute approximate surface area is 142 Å². The van der Waals surface area contributed by atoms with Gasteiger partial charge in [-0.2, -0.15) is 0 Å². The van der Waals surface area contributed by atoms with E-state index in [1.165, 1.54) is 12.1 Å². The van der Waals surface area contributed by atoms with Crippen molar-refractivity contribution in [3.8, 4) is 0 Å². The van der Waals surface area contributed by atoms with Gasteiger partial charge in [0.15, 0.2) is 0 Å². The van der Waals surface area contributed by atoms with Crippen molar-refractivity contribution in [2.45, 2.75) is 46.1 Å². The molecule has 0 aliphatic heterocycles. The molecule has 0 aliphatic rings. The molecule has 4 nitrogen and oxygen atoms in total. The quantitative estimate of drug-likeness (QED) is 0.821. The van der Waals surface area contributed by atoms with Crippen LogP contribution in [0.2, 0.25) is 5.02 Å². The van der Waals surface area contributed by atoms with Crippen molar-refractivity contribution >= 4 is 17.7 Å². The summed E-state index contributed by atoms with van der Waals surface area (Å²) in [5, 5.41) is 12.9. The highest BCUT2D eigenvalue weighted by atomic mass is 35.5. The van der Waals surface area contributed by atoms with Crippen molar-refractivity contribution in [2.75, 3.05) is 13.2 Å². The van der Waals surface area contributed by atoms with Gasteiger partial charge in [-0.15, -0.1) is 0 Å². The number of nitrogens with one attached hydrogen (secondary N) is 1. The fraction of sp³-hybridized carbons (Fsp3) is 0.588. The monoisotopic (exact) mass is 345 g/mol. The highest BCUT2D eigenvalue weighted by Crippen LogP contribution is 2.29. The summed E-state index contributed by atoms with van der Waals surface area (Å²) >= 11 is 5.91. The van der Waals surface area contributed by atoms with Gasteiger partial charge in [0.1, 0.15) is 11.4 Å². The average molecular weight is 346 g/mol. The van der Waals surface area contributed by atoms with Crippen LogP contribution < -0.4 is 5.32 Å². The molecule has 23 heavy (non-hydrogen) atoms. The zero-order chi connectivity index (χ0) is 17.7. The first-order valence-electron chi connectivity index (χ1n) is 7.62. The fourth-order valence-electron chi connectivity index (χ4n) is 2.19. The molecule has 0 radical (unpaired) electrons. The number of aliphatic hydroxyl groups excluding tert-OH is 1. The summed E-state index contributed by atoms with van der Waals surface area (Å²) in [4.78, 5) is 11.8. The van der Waals surface area contributed by atoms with Crippen LogP contribution in [0.1, 0.15) is 39.7 Å². The van der Waals surface area contributed by atoms with Crippen molar-refractivity contribution in [1.82, 2.24) is 5.32 Å². The standard InChI is InChI=1S/C17H25ClFNO3/c1-5-17(11-21,10-20-15(22)23-16(2,3)4)9-12-8-13(18)6-7-14(12)19/h6-8,21H,5,9-11H2,1-4H3,(H,20,22). The van der Waals surface area contributed by atoms with E-state index in [1.807, 2.05) is 6.92 Å². The molecule has 0 saturated heterocycles. The predicted octanol–water partition coefficient (Wildman–Crippen LogP) is 3.94. The van der Waals surface area contributed by atoms with Crippen LogP contribution in [-0.4, -0.2) is 30.0 Å². The lowest BCUT2D eigenvalue weighted by Gasteiger charge is -2.32. The maximum atomic E-state index is 13.9. The predicted molar refractivity (Wildman–Crippen MR) is 89.2 cm³/mol. The highest BCUT2D eigenvalue weighted by molar-refractivity contribution is 6.30. The number of hydrogen-bond acceptors (Lipinski definition) is 3. The summed E-state index contributed by atoms with van der Waals surface area (Å²) in [7, 11) is 0. The molecular weight excluding hydrogens is 321 g/mol. The molecule has 0 heterocycles. The summed E-state index contributed by atoms with van der Waals surface area (Å²) < 4.78 is 19.1. The van der Waals surface area contributed by atoms with Crippen molar-refractivity contribution in [3.05, 3.63) is 34.6 Å². The van der Waals surface area contributed by atoms with Gasteiger partial charge in [-0.25, -0.2) is 9.18 Å². The largest absolute Gasteiger partial charge is 0.444 e. The molecule has 0 aromatic heterocycles. The molecule has 1 unspecified atom stereocenters. The smallest absolute Gasteiger partial charge is 0.407 e. The molecule has 2 N–H and O–H groups in total. The maximum Gasteiger partial charge on any atom is 0.407 e. The number of rotatable bonds is 6. The Morgan fingerprint density at radius 1 is 1.39 bits per heavy atom. The van der Waals surface area contributed by atoms with E-state index < -0.39 is 17.1 Å². The minimum atomic E-state index is -0.678. The second-order valence-corrected chi connectivity index (χ2v) is 7.22. The first-order valence-corrected chi connectivity index (χ1v) is 8.00. The van der Waals surface area contributed by atoms with E-state index in [4.69, 9.17) is 16.3 Å². The third-order valence-corrected chi connectivity index (χ3v) is 3.90. The average Bonchev–Trinajstić information content (AvgIpc) is 2.45. The number of ether oxygens (including phenoxy) is 1. The fourth-order valence-corrected chi connectivity index (χ4v) is 2.39. The van der Waals surface area contributed by atoms with E-state index in [9.17, 15) is 14.3 Å². The van der Waals surface area contributed by atoms with Gasteiger partial charge in [-0.05, 0) is 57.4 Å². The molecule has 130 valence electrons. The summed E-state index contributed by atoms with van der Waals surface area (Å²) in [6.07, 6.45) is 0.267. The molecule has 6 heteroatoms. The molecule has 1 rings (SSSR count). The SMILES string of the molecule is CCC(CO)(CNC(=O)OC(C)(C)C)Cc1cc(Cl)ccc1F. The van der Waals surface area contributed by atoms with Crippen LogP contribution in [0.3, 0.4) is 0 Å². The van der Waals surface area contributed by atoms with Crippen molar-refractivity contribution < 1.29 is 19.0 Å². The Hall–Kier alpha value is -1.33. The minimum absolute atomic E-state index is 0.181. The third-order valence-electron chi connectivity index (χ3n) is 3.67. The number of amides is 1. The van der Waals surface area contributed by atoms with Crippen molar-refractivity contribution in [1.29, 1.82) is 0 Å². The molecule has 1 aromatic carbocycles. The Bertz CT molecular complexity index is 539. The van der Waals surface area contributed by atoms with Crippen LogP contribution in [0.15, 0.2) is 18.2 Å². The zero-order valence-electron chi connectivity index (χ0n) is 14.1. The Morgan fingerprint density at radius 2 is 2.04 bits per heavy atom. The molecule has 0 aliphatic carbocycles. The lowest BCUT2D eigenvalue weighted by molar-refractivity contribution is 0.0460. The molecule has 1 atom stereocenters. The molecule has 0 spiro atoms. The summed E-state index contributed by atoms with van der Waals surface area (Å²) in [5.41, 5.74) is -0.862.